The molecule has 8 heteroatoms. The van der Waals surface area contributed by atoms with E-state index in [1.54, 1.807) is 60.9 Å². The maximum absolute atomic E-state index is 13.4. The van der Waals surface area contributed by atoms with E-state index in [2.05, 4.69) is 15.6 Å². The number of nitrogens with one attached hydrogen (secondary N) is 2. The molecule has 0 unspecified atom stereocenters. The summed E-state index contributed by atoms with van der Waals surface area (Å²) in [6, 6.07) is 17.5. The van der Waals surface area contributed by atoms with Crippen LogP contribution in [0.25, 0.3) is 5.57 Å². The Hall–Kier alpha value is -4.46. The van der Waals surface area contributed by atoms with Crippen LogP contribution in [0.4, 0.5) is 11.4 Å². The van der Waals surface area contributed by atoms with Gasteiger partial charge in [-0.2, -0.15) is 0 Å². The highest BCUT2D eigenvalue weighted by Gasteiger charge is 2.39. The van der Waals surface area contributed by atoms with E-state index in [9.17, 15) is 14.4 Å². The summed E-state index contributed by atoms with van der Waals surface area (Å²) in [6.45, 7) is 1.51. The van der Waals surface area contributed by atoms with E-state index in [1.165, 1.54) is 18.9 Å². The molecule has 0 saturated carbocycles. The van der Waals surface area contributed by atoms with Crippen molar-refractivity contribution in [3.8, 4) is 5.75 Å². The summed E-state index contributed by atoms with van der Waals surface area (Å²) < 4.78 is 5.39. The maximum atomic E-state index is 13.4. The highest BCUT2D eigenvalue weighted by molar-refractivity contribution is 6.36. The summed E-state index contributed by atoms with van der Waals surface area (Å²) in [5.74, 6) is -0.532. The van der Waals surface area contributed by atoms with Crippen LogP contribution in [0, 0.1) is 0 Å². The summed E-state index contributed by atoms with van der Waals surface area (Å²) in [4.78, 5) is 43.4. The summed E-state index contributed by atoms with van der Waals surface area (Å²) in [5, 5.41) is 5.80. The molecule has 2 N–H and O–H groups in total. The van der Waals surface area contributed by atoms with Crippen molar-refractivity contribution in [3.05, 3.63) is 89.9 Å². The van der Waals surface area contributed by atoms with Crippen molar-refractivity contribution < 1.29 is 19.1 Å². The molecule has 8 nitrogen and oxygen atoms in total. The number of imide groups is 1. The second-order valence-electron chi connectivity index (χ2n) is 7.39. The number of nitrogens with zero attached hydrogens (tertiary/aromatic N) is 2. The third kappa shape index (κ3) is 4.59. The fourth-order valence-electron chi connectivity index (χ4n) is 3.58. The Kier molecular flexibility index (Phi) is 6.17. The smallest absolute Gasteiger partial charge is 0.278 e. The molecule has 3 amide bonds. The maximum Gasteiger partial charge on any atom is 0.278 e. The van der Waals surface area contributed by atoms with E-state index in [1.807, 2.05) is 12.1 Å². The Morgan fingerprint density at radius 3 is 2.42 bits per heavy atom. The summed E-state index contributed by atoms with van der Waals surface area (Å²) in [5.41, 5.74) is 2.83. The van der Waals surface area contributed by atoms with Gasteiger partial charge in [0.15, 0.2) is 0 Å². The number of carbonyl (C=O) groups is 3. The van der Waals surface area contributed by atoms with Gasteiger partial charge in [-0.3, -0.25) is 24.3 Å². The monoisotopic (exact) mass is 442 g/mol. The number of hydrogen-bond acceptors (Lipinski definition) is 6. The predicted molar refractivity (Wildman–Crippen MR) is 124 cm³/mol. The first-order chi connectivity index (χ1) is 16.0. The molecule has 2 heterocycles. The zero-order valence-electron chi connectivity index (χ0n) is 18.2. The Balaban J connectivity index is 1.74. The van der Waals surface area contributed by atoms with Crippen LogP contribution in [-0.2, 0) is 20.9 Å². The first-order valence-electron chi connectivity index (χ1n) is 10.3. The molecule has 33 heavy (non-hydrogen) atoms. The zero-order valence-corrected chi connectivity index (χ0v) is 18.2. The number of rotatable bonds is 7. The van der Waals surface area contributed by atoms with E-state index in [0.717, 1.165) is 5.56 Å². The SMILES string of the molecule is COc1ccccc1NC1=C(c2ccc(NC(C)=O)cc2)C(=O)N(Cc2cccnc2)C1=O. The van der Waals surface area contributed by atoms with Crippen LogP contribution in [0.5, 0.6) is 5.75 Å². The van der Waals surface area contributed by atoms with Gasteiger partial charge in [0.25, 0.3) is 11.8 Å². The average molecular weight is 442 g/mol. The Labute approximate surface area is 190 Å². The molecule has 2 aromatic carbocycles. The zero-order chi connectivity index (χ0) is 23.4. The molecule has 166 valence electrons. The number of para-hydroxylation sites is 2. The van der Waals surface area contributed by atoms with Crippen LogP contribution in [0.1, 0.15) is 18.1 Å². The lowest BCUT2D eigenvalue weighted by atomic mass is 10.0. The molecule has 0 aliphatic carbocycles. The van der Waals surface area contributed by atoms with E-state index >= 15 is 0 Å². The highest BCUT2D eigenvalue weighted by atomic mass is 16.5. The first kappa shape index (κ1) is 21.8. The van der Waals surface area contributed by atoms with Crippen LogP contribution in [0.3, 0.4) is 0 Å². The molecule has 0 spiro atoms. The molecule has 0 fully saturated rings. The number of pyridine rings is 1. The number of carbonyl (C=O) groups excluding carboxylic acids is 3. The third-order valence-electron chi connectivity index (χ3n) is 5.09. The van der Waals surface area contributed by atoms with Gasteiger partial charge in [0.2, 0.25) is 5.91 Å². The van der Waals surface area contributed by atoms with E-state index in [-0.39, 0.29) is 23.7 Å². The first-order valence-corrected chi connectivity index (χ1v) is 10.3. The number of amides is 3. The molecule has 3 aromatic rings. The fourth-order valence-corrected chi connectivity index (χ4v) is 3.58. The van der Waals surface area contributed by atoms with Gasteiger partial charge in [-0.25, -0.2) is 0 Å². The topological polar surface area (TPSA) is 101 Å². The van der Waals surface area contributed by atoms with Crippen molar-refractivity contribution in [1.29, 1.82) is 0 Å². The minimum absolute atomic E-state index is 0.0933. The predicted octanol–water partition coefficient (Wildman–Crippen LogP) is 3.44. The number of anilines is 2. The van der Waals surface area contributed by atoms with Crippen molar-refractivity contribution in [3.63, 3.8) is 0 Å². The van der Waals surface area contributed by atoms with Crippen molar-refractivity contribution in [2.75, 3.05) is 17.7 Å². The van der Waals surface area contributed by atoms with Crippen molar-refractivity contribution >= 4 is 34.7 Å². The Bertz CT molecular complexity index is 1240. The molecular formula is C25H22N4O4. The third-order valence-corrected chi connectivity index (χ3v) is 5.09. The normalized spacial score (nSPS) is 13.3. The number of methoxy groups -OCH3 is 1. The molecule has 0 saturated heterocycles. The lowest BCUT2D eigenvalue weighted by Gasteiger charge is -2.15. The Morgan fingerprint density at radius 1 is 1.00 bits per heavy atom. The molecule has 0 radical (unpaired) electrons. The van der Waals surface area contributed by atoms with Crippen LogP contribution < -0.4 is 15.4 Å². The van der Waals surface area contributed by atoms with E-state index in [4.69, 9.17) is 4.74 Å². The molecule has 4 rings (SSSR count). The van der Waals surface area contributed by atoms with Gasteiger partial charge < -0.3 is 15.4 Å². The van der Waals surface area contributed by atoms with Crippen molar-refractivity contribution in [2.24, 2.45) is 0 Å². The summed E-state index contributed by atoms with van der Waals surface area (Å²) in [6.07, 6.45) is 3.25. The van der Waals surface area contributed by atoms with Gasteiger partial charge in [-0.1, -0.05) is 30.3 Å². The molecule has 1 aromatic heterocycles. The lowest BCUT2D eigenvalue weighted by Crippen LogP contribution is -2.32. The minimum Gasteiger partial charge on any atom is -0.495 e. The minimum atomic E-state index is -0.448. The van der Waals surface area contributed by atoms with Crippen LogP contribution >= 0.6 is 0 Å². The van der Waals surface area contributed by atoms with Crippen molar-refractivity contribution in [1.82, 2.24) is 9.88 Å². The van der Waals surface area contributed by atoms with E-state index in [0.29, 0.717) is 22.7 Å². The van der Waals surface area contributed by atoms with Gasteiger partial charge in [-0.15, -0.1) is 0 Å². The largest absolute Gasteiger partial charge is 0.495 e. The van der Waals surface area contributed by atoms with Gasteiger partial charge in [0.1, 0.15) is 11.4 Å². The van der Waals surface area contributed by atoms with E-state index < -0.39 is 11.8 Å². The fraction of sp³-hybridized carbons (Fsp3) is 0.120. The molecule has 0 atom stereocenters. The van der Waals surface area contributed by atoms with Gasteiger partial charge >= 0.3 is 0 Å². The quantitative estimate of drug-likeness (QED) is 0.544. The standard InChI is InChI=1S/C25H22N4O4/c1-16(30)27-19-11-9-18(10-12-19)22-23(28-20-7-3-4-8-21(20)33-2)25(32)29(24(22)31)15-17-6-5-13-26-14-17/h3-14,28H,15H2,1-2H3,(H,27,30). The summed E-state index contributed by atoms with van der Waals surface area (Å²) in [7, 11) is 1.53. The van der Waals surface area contributed by atoms with Crippen LogP contribution in [0.15, 0.2) is 78.8 Å². The molecule has 1 aliphatic rings. The van der Waals surface area contributed by atoms with Crippen LogP contribution in [-0.4, -0.2) is 34.7 Å². The number of hydrogen-bond donors (Lipinski definition) is 2. The van der Waals surface area contributed by atoms with Crippen molar-refractivity contribution in [2.45, 2.75) is 13.5 Å². The van der Waals surface area contributed by atoms with Gasteiger partial charge in [-0.05, 0) is 41.5 Å². The van der Waals surface area contributed by atoms with Gasteiger partial charge in [0, 0.05) is 25.0 Å². The second-order valence-corrected chi connectivity index (χ2v) is 7.39. The Morgan fingerprint density at radius 2 is 1.76 bits per heavy atom. The number of aromatic nitrogens is 1. The summed E-state index contributed by atoms with van der Waals surface area (Å²) >= 11 is 0. The van der Waals surface area contributed by atoms with Crippen LogP contribution in [0.2, 0.25) is 0 Å². The molecule has 1 aliphatic heterocycles. The number of benzene rings is 2. The number of ether oxygens (including phenoxy) is 1. The molecular weight excluding hydrogens is 420 g/mol. The molecule has 0 bridgehead atoms. The second kappa shape index (κ2) is 9.35. The lowest BCUT2D eigenvalue weighted by molar-refractivity contribution is -0.137. The van der Waals surface area contributed by atoms with Gasteiger partial charge in [0.05, 0.1) is 24.9 Å². The average Bonchev–Trinajstić information content (AvgIpc) is 3.04. The highest BCUT2D eigenvalue weighted by Crippen LogP contribution is 2.34.